The molecule has 0 amide bonds. The van der Waals surface area contributed by atoms with E-state index in [-0.39, 0.29) is 5.56 Å². The molecule has 0 aliphatic heterocycles. The Morgan fingerprint density at radius 2 is 2.14 bits per heavy atom. The van der Waals surface area contributed by atoms with E-state index < -0.39 is 18.8 Å². The van der Waals surface area contributed by atoms with Crippen molar-refractivity contribution in [3.05, 3.63) is 23.4 Å². The lowest BCUT2D eigenvalue weighted by molar-refractivity contribution is -0.276. The minimum atomic E-state index is -4.79. The van der Waals surface area contributed by atoms with Crippen LogP contribution in [0.1, 0.15) is 11.1 Å². The average molecular weight is 207 g/mol. The highest BCUT2D eigenvalue weighted by Gasteiger charge is 2.32. The van der Waals surface area contributed by atoms with Crippen LogP contribution < -0.4 is 4.74 Å². The third kappa shape index (κ3) is 2.88. The predicted octanol–water partition coefficient (Wildman–Crippen LogP) is 1.78. The average Bonchev–Trinajstić information content (AvgIpc) is 2.06. The molecule has 78 valence electrons. The fraction of sp³-hybridized carbons (Fsp3) is 0.375. The van der Waals surface area contributed by atoms with E-state index in [0.29, 0.717) is 5.56 Å². The van der Waals surface area contributed by atoms with Crippen molar-refractivity contribution in [1.29, 1.82) is 0 Å². The van der Waals surface area contributed by atoms with Crippen LogP contribution in [-0.2, 0) is 6.61 Å². The first kappa shape index (κ1) is 10.8. The van der Waals surface area contributed by atoms with Crippen LogP contribution >= 0.6 is 0 Å². The summed E-state index contributed by atoms with van der Waals surface area (Å²) in [6.07, 6.45) is -3.55. The molecule has 1 N–H and O–H groups in total. The Morgan fingerprint density at radius 1 is 1.50 bits per heavy atom. The summed E-state index contributed by atoms with van der Waals surface area (Å²) in [7, 11) is 0. The van der Waals surface area contributed by atoms with Gasteiger partial charge in [0, 0.05) is 11.8 Å². The first-order chi connectivity index (χ1) is 6.42. The lowest BCUT2D eigenvalue weighted by Gasteiger charge is -2.10. The standard InChI is InChI=1S/C8H8F3NO2/c1-5-2-6(4-13)7(12-3-5)14-8(9,10)11/h2-3,13H,4H2,1H3. The molecular formula is C8H8F3NO2. The number of aliphatic hydroxyl groups is 1. The molecule has 0 spiro atoms. The van der Waals surface area contributed by atoms with Crippen LogP contribution in [0.5, 0.6) is 5.88 Å². The maximum atomic E-state index is 11.8. The maximum absolute atomic E-state index is 11.8. The van der Waals surface area contributed by atoms with Crippen LogP contribution in [0, 0.1) is 6.92 Å². The molecule has 0 saturated carbocycles. The lowest BCUT2D eigenvalue weighted by atomic mass is 10.2. The molecule has 0 aromatic carbocycles. The molecule has 0 aliphatic carbocycles. The van der Waals surface area contributed by atoms with Gasteiger partial charge in [-0.2, -0.15) is 0 Å². The van der Waals surface area contributed by atoms with Crippen molar-refractivity contribution in [2.24, 2.45) is 0 Å². The molecule has 3 nitrogen and oxygen atoms in total. The molecule has 0 atom stereocenters. The third-order valence-electron chi connectivity index (χ3n) is 1.44. The summed E-state index contributed by atoms with van der Waals surface area (Å²) in [5.74, 6) is -0.606. The zero-order chi connectivity index (χ0) is 10.8. The van der Waals surface area contributed by atoms with Gasteiger partial charge in [0.25, 0.3) is 0 Å². The molecule has 0 unspecified atom stereocenters. The van der Waals surface area contributed by atoms with Crippen LogP contribution in [0.25, 0.3) is 0 Å². The molecule has 6 heteroatoms. The number of aliphatic hydroxyl groups excluding tert-OH is 1. The van der Waals surface area contributed by atoms with Gasteiger partial charge in [0.15, 0.2) is 0 Å². The number of aromatic nitrogens is 1. The molecular weight excluding hydrogens is 199 g/mol. The number of pyridine rings is 1. The molecule has 1 aromatic heterocycles. The van der Waals surface area contributed by atoms with Crippen molar-refractivity contribution < 1.29 is 23.0 Å². The van der Waals surface area contributed by atoms with Gasteiger partial charge in [-0.1, -0.05) is 0 Å². The van der Waals surface area contributed by atoms with E-state index in [4.69, 9.17) is 5.11 Å². The summed E-state index contributed by atoms with van der Waals surface area (Å²) in [4.78, 5) is 3.43. The highest BCUT2D eigenvalue weighted by molar-refractivity contribution is 5.28. The van der Waals surface area contributed by atoms with Crippen molar-refractivity contribution in [1.82, 2.24) is 4.98 Å². The Bertz CT molecular complexity index is 325. The summed E-state index contributed by atoms with van der Waals surface area (Å²) in [6, 6.07) is 1.38. The van der Waals surface area contributed by atoms with Crippen LogP contribution in [0.15, 0.2) is 12.3 Å². The maximum Gasteiger partial charge on any atom is 0.574 e. The predicted molar refractivity (Wildman–Crippen MR) is 41.6 cm³/mol. The number of alkyl halides is 3. The number of halogens is 3. The molecule has 0 radical (unpaired) electrons. The van der Waals surface area contributed by atoms with E-state index >= 15 is 0 Å². The van der Waals surface area contributed by atoms with Crippen LogP contribution in [0.3, 0.4) is 0 Å². The molecule has 0 bridgehead atoms. The SMILES string of the molecule is Cc1cnc(OC(F)(F)F)c(CO)c1. The lowest BCUT2D eigenvalue weighted by Crippen LogP contribution is -2.19. The summed E-state index contributed by atoms with van der Waals surface area (Å²) < 4.78 is 39.1. The molecule has 1 heterocycles. The highest BCUT2D eigenvalue weighted by atomic mass is 19.4. The fourth-order valence-electron chi connectivity index (χ4n) is 0.932. The fourth-order valence-corrected chi connectivity index (χ4v) is 0.932. The van der Waals surface area contributed by atoms with Gasteiger partial charge in [-0.15, -0.1) is 13.2 Å². The summed E-state index contributed by atoms with van der Waals surface area (Å²) in [5, 5.41) is 8.75. The molecule has 0 fully saturated rings. The van der Waals surface area contributed by atoms with Gasteiger partial charge in [-0.05, 0) is 18.6 Å². The Hall–Kier alpha value is -1.30. The van der Waals surface area contributed by atoms with Gasteiger partial charge < -0.3 is 9.84 Å². The second kappa shape index (κ2) is 3.83. The molecule has 0 aliphatic rings. The van der Waals surface area contributed by atoms with Crippen molar-refractivity contribution in [3.8, 4) is 5.88 Å². The number of hydrogen-bond acceptors (Lipinski definition) is 3. The van der Waals surface area contributed by atoms with Gasteiger partial charge in [-0.3, -0.25) is 0 Å². The van der Waals surface area contributed by atoms with Gasteiger partial charge in [0.05, 0.1) is 6.61 Å². The van der Waals surface area contributed by atoms with E-state index in [1.54, 1.807) is 6.92 Å². The Balaban J connectivity index is 2.97. The minimum Gasteiger partial charge on any atom is -0.391 e. The zero-order valence-corrected chi connectivity index (χ0v) is 7.30. The van der Waals surface area contributed by atoms with Crippen molar-refractivity contribution in [2.75, 3.05) is 0 Å². The van der Waals surface area contributed by atoms with E-state index in [0.717, 1.165) is 0 Å². The van der Waals surface area contributed by atoms with Crippen LogP contribution in [-0.4, -0.2) is 16.5 Å². The number of nitrogens with zero attached hydrogens (tertiary/aromatic N) is 1. The molecule has 1 rings (SSSR count). The Morgan fingerprint density at radius 3 is 2.64 bits per heavy atom. The van der Waals surface area contributed by atoms with Crippen LogP contribution in [0.2, 0.25) is 0 Å². The van der Waals surface area contributed by atoms with Crippen molar-refractivity contribution in [2.45, 2.75) is 19.9 Å². The summed E-state index contributed by atoms with van der Waals surface area (Å²) in [5.41, 5.74) is 0.672. The molecule has 14 heavy (non-hydrogen) atoms. The normalized spacial score (nSPS) is 11.5. The third-order valence-corrected chi connectivity index (χ3v) is 1.44. The van der Waals surface area contributed by atoms with Gasteiger partial charge in [0.2, 0.25) is 5.88 Å². The van der Waals surface area contributed by atoms with Crippen molar-refractivity contribution in [3.63, 3.8) is 0 Å². The second-order valence-corrected chi connectivity index (χ2v) is 2.68. The van der Waals surface area contributed by atoms with E-state index in [1.165, 1.54) is 12.3 Å². The summed E-state index contributed by atoms with van der Waals surface area (Å²) >= 11 is 0. The quantitative estimate of drug-likeness (QED) is 0.803. The van der Waals surface area contributed by atoms with Gasteiger partial charge in [0.1, 0.15) is 0 Å². The Kier molecular flexibility index (Phi) is 2.95. The first-order valence-electron chi connectivity index (χ1n) is 3.74. The number of hydrogen-bond donors (Lipinski definition) is 1. The van der Waals surface area contributed by atoms with Gasteiger partial charge >= 0.3 is 6.36 Å². The zero-order valence-electron chi connectivity index (χ0n) is 7.30. The largest absolute Gasteiger partial charge is 0.574 e. The second-order valence-electron chi connectivity index (χ2n) is 2.68. The number of aryl methyl sites for hydroxylation is 1. The first-order valence-corrected chi connectivity index (χ1v) is 3.74. The smallest absolute Gasteiger partial charge is 0.391 e. The summed E-state index contributed by atoms with van der Waals surface area (Å²) in [6.45, 7) is 1.11. The number of rotatable bonds is 2. The molecule has 1 aromatic rings. The monoisotopic (exact) mass is 207 g/mol. The van der Waals surface area contributed by atoms with Gasteiger partial charge in [-0.25, -0.2) is 4.98 Å². The molecule has 0 saturated heterocycles. The highest BCUT2D eigenvalue weighted by Crippen LogP contribution is 2.24. The topological polar surface area (TPSA) is 42.4 Å². The van der Waals surface area contributed by atoms with E-state index in [2.05, 4.69) is 9.72 Å². The minimum absolute atomic E-state index is 0.0160. The van der Waals surface area contributed by atoms with Crippen LogP contribution in [0.4, 0.5) is 13.2 Å². The van der Waals surface area contributed by atoms with E-state index in [1.807, 2.05) is 0 Å². The van der Waals surface area contributed by atoms with Crippen molar-refractivity contribution >= 4 is 0 Å². The van der Waals surface area contributed by atoms with E-state index in [9.17, 15) is 13.2 Å². The number of ether oxygens (including phenoxy) is 1. The Labute approximate surface area is 78.2 Å².